The molecule has 10 heteroatoms. The van der Waals surface area contributed by atoms with Crippen molar-refractivity contribution < 1.29 is 42.8 Å². The third-order valence-corrected chi connectivity index (χ3v) is 10.4. The van der Waals surface area contributed by atoms with Crippen LogP contribution in [-0.2, 0) is 22.8 Å². The molecule has 1 amide bonds. The van der Waals surface area contributed by atoms with Crippen molar-refractivity contribution in [2.24, 2.45) is 5.92 Å². The Morgan fingerprint density at radius 3 is 2.56 bits per heavy atom. The number of hydrogen-bond donors (Lipinski definition) is 3. The Labute approximate surface area is 235 Å². The molecule has 41 heavy (non-hydrogen) atoms. The minimum absolute atomic E-state index is 0.0172. The van der Waals surface area contributed by atoms with Crippen molar-refractivity contribution in [3.05, 3.63) is 58.7 Å². The van der Waals surface area contributed by atoms with E-state index < -0.39 is 46.9 Å². The van der Waals surface area contributed by atoms with Crippen LogP contribution in [0.1, 0.15) is 54.4 Å². The zero-order valence-corrected chi connectivity index (χ0v) is 22.6. The SMILES string of the molecule is CN(C(=O)C#Cc1ccc(C(F)(F)F)cc1)[C@@H]1CC[C@@]2(O)[C@H]3Cc4ccc(O)c5c4[C@@]2(CC[N+]3(O)CC2CC2)[C@H]1O5. The second-order valence-corrected chi connectivity index (χ2v) is 12.5. The zero-order chi connectivity index (χ0) is 28.9. The average Bonchev–Trinajstić information content (AvgIpc) is 3.66. The van der Waals surface area contributed by atoms with Gasteiger partial charge in [-0.05, 0) is 61.6 Å². The van der Waals surface area contributed by atoms with Crippen molar-refractivity contribution in [3.63, 3.8) is 0 Å². The summed E-state index contributed by atoms with van der Waals surface area (Å²) < 4.78 is 45.0. The second kappa shape index (κ2) is 8.63. The number of piperidine rings is 1. The number of aliphatic hydroxyl groups is 1. The van der Waals surface area contributed by atoms with E-state index in [-0.39, 0.29) is 16.0 Å². The van der Waals surface area contributed by atoms with Gasteiger partial charge in [0.1, 0.15) is 24.8 Å². The molecule has 0 radical (unpaired) electrons. The van der Waals surface area contributed by atoms with E-state index in [9.17, 15) is 33.4 Å². The first-order valence-corrected chi connectivity index (χ1v) is 14.2. The molecule has 3 N–H and O–H groups in total. The summed E-state index contributed by atoms with van der Waals surface area (Å²) >= 11 is 0. The summed E-state index contributed by atoms with van der Waals surface area (Å²) in [5.41, 5.74) is -0.977. The van der Waals surface area contributed by atoms with Crippen molar-refractivity contribution in [1.82, 2.24) is 4.90 Å². The maximum atomic E-state index is 13.3. The number of alkyl halides is 3. The van der Waals surface area contributed by atoms with E-state index >= 15 is 0 Å². The monoisotopic (exact) mass is 569 g/mol. The van der Waals surface area contributed by atoms with Gasteiger partial charge in [-0.1, -0.05) is 12.0 Å². The van der Waals surface area contributed by atoms with Crippen molar-refractivity contribution in [3.8, 4) is 23.3 Å². The standard InChI is InChI=1S/C31H31F3N2O5/c1-35(25(38)11-6-18-4-8-21(9-5-18)31(32,33)34)22-12-13-30(39)24-16-20-7-10-23(37)27-26(20)29(30,28(22)41-27)14-15-36(24,40)17-19-2-3-19/h4-5,7-10,19,22,24,28,39-40H,2-3,12-17H2,1H3/p+1/t22-,24-,28+,29+,30-,36?/m1/s1. The molecule has 7 rings (SSSR count). The number of likely N-dealkylation sites (tertiary alicyclic amines) is 1. The number of aromatic hydroxyl groups is 1. The lowest BCUT2D eigenvalue weighted by Gasteiger charge is -2.64. The second-order valence-electron chi connectivity index (χ2n) is 12.5. The predicted octanol–water partition coefficient (Wildman–Crippen LogP) is 3.76. The number of phenols is 1. The Bertz CT molecular complexity index is 1500. The number of halogens is 3. The van der Waals surface area contributed by atoms with Crippen LogP contribution in [0, 0.1) is 17.8 Å². The molecule has 0 aromatic heterocycles. The quantitative estimate of drug-likeness (QED) is 0.387. The predicted molar refractivity (Wildman–Crippen MR) is 140 cm³/mol. The highest BCUT2D eigenvalue weighted by molar-refractivity contribution is 5.94. The van der Waals surface area contributed by atoms with Gasteiger partial charge in [-0.15, -0.1) is 0 Å². The highest BCUT2D eigenvalue weighted by atomic mass is 19.4. The van der Waals surface area contributed by atoms with E-state index in [0.29, 0.717) is 50.4 Å². The number of carbonyl (C=O) groups is 1. The van der Waals surface area contributed by atoms with Gasteiger partial charge in [-0.2, -0.15) is 17.8 Å². The Hall–Kier alpha value is -3.26. The highest BCUT2D eigenvalue weighted by Crippen LogP contribution is 2.66. The number of phenolic OH excluding ortho intramolecular Hbond substituents is 1. The lowest BCUT2D eigenvalue weighted by molar-refractivity contribution is -1.13. The van der Waals surface area contributed by atoms with Crippen molar-refractivity contribution >= 4 is 5.91 Å². The molecular formula is C31H32F3N2O5+. The first kappa shape index (κ1) is 26.6. The van der Waals surface area contributed by atoms with Crippen LogP contribution < -0.4 is 4.74 Å². The molecule has 3 aliphatic carbocycles. The van der Waals surface area contributed by atoms with E-state index in [2.05, 4.69) is 11.8 Å². The maximum Gasteiger partial charge on any atom is 0.416 e. The third-order valence-electron chi connectivity index (χ3n) is 10.4. The number of benzene rings is 2. The van der Waals surface area contributed by atoms with Crippen LogP contribution in [0.4, 0.5) is 13.2 Å². The summed E-state index contributed by atoms with van der Waals surface area (Å²) in [7, 11) is 1.62. The van der Waals surface area contributed by atoms with E-state index in [1.165, 1.54) is 17.0 Å². The first-order chi connectivity index (χ1) is 19.4. The highest BCUT2D eigenvalue weighted by Gasteiger charge is 2.77. The lowest BCUT2D eigenvalue weighted by atomic mass is 9.48. The molecule has 7 nitrogen and oxygen atoms in total. The van der Waals surface area contributed by atoms with Crippen molar-refractivity contribution in [1.29, 1.82) is 0 Å². The molecule has 2 aromatic rings. The molecule has 2 saturated carbocycles. The fraction of sp³-hybridized carbons (Fsp3) is 0.516. The summed E-state index contributed by atoms with van der Waals surface area (Å²) in [4.78, 5) is 14.8. The number of quaternary nitrogens is 1. The van der Waals surface area contributed by atoms with Crippen LogP contribution in [0.15, 0.2) is 36.4 Å². The van der Waals surface area contributed by atoms with Crippen LogP contribution in [0.5, 0.6) is 11.5 Å². The Morgan fingerprint density at radius 2 is 1.88 bits per heavy atom. The van der Waals surface area contributed by atoms with E-state index in [4.69, 9.17) is 4.74 Å². The molecule has 2 heterocycles. The summed E-state index contributed by atoms with van der Waals surface area (Å²) in [6.07, 6.45) is -1.31. The molecule has 2 bridgehead atoms. The van der Waals surface area contributed by atoms with Gasteiger partial charge in [0.2, 0.25) is 0 Å². The van der Waals surface area contributed by atoms with E-state index in [1.807, 2.05) is 6.07 Å². The van der Waals surface area contributed by atoms with Crippen LogP contribution in [0.3, 0.4) is 0 Å². The number of likely N-dealkylation sites (N-methyl/N-ethyl adjacent to an activating group) is 1. The molecule has 2 aromatic carbocycles. The lowest BCUT2D eigenvalue weighted by Crippen LogP contribution is -2.82. The Morgan fingerprint density at radius 1 is 1.15 bits per heavy atom. The molecule has 1 spiro atoms. The van der Waals surface area contributed by atoms with Gasteiger partial charge in [0.15, 0.2) is 17.5 Å². The molecule has 3 fully saturated rings. The fourth-order valence-electron chi connectivity index (χ4n) is 8.26. The minimum Gasteiger partial charge on any atom is -0.504 e. The number of ether oxygens (including phenoxy) is 1. The van der Waals surface area contributed by atoms with E-state index in [0.717, 1.165) is 36.1 Å². The molecule has 6 atom stereocenters. The molecule has 5 aliphatic rings. The number of amides is 1. The van der Waals surface area contributed by atoms with Crippen molar-refractivity contribution in [2.75, 3.05) is 20.1 Å². The van der Waals surface area contributed by atoms with Crippen molar-refractivity contribution in [2.45, 2.75) is 73.9 Å². The zero-order valence-electron chi connectivity index (χ0n) is 22.6. The van der Waals surface area contributed by atoms with Crippen LogP contribution >= 0.6 is 0 Å². The summed E-state index contributed by atoms with van der Waals surface area (Å²) in [6.45, 7) is 1.05. The van der Waals surface area contributed by atoms with E-state index in [1.54, 1.807) is 13.1 Å². The van der Waals surface area contributed by atoms with Gasteiger partial charge in [0.25, 0.3) is 5.91 Å². The van der Waals surface area contributed by atoms with Gasteiger partial charge in [0, 0.05) is 42.9 Å². The number of carbonyl (C=O) groups excluding carboxylic acids is 1. The number of nitrogens with zero attached hydrogens (tertiary/aromatic N) is 2. The molecule has 1 saturated heterocycles. The number of hydrogen-bond acceptors (Lipinski definition) is 5. The van der Waals surface area contributed by atoms with Gasteiger partial charge in [-0.25, -0.2) is 5.21 Å². The minimum atomic E-state index is -4.46. The van der Waals surface area contributed by atoms with Crippen LogP contribution in [0.25, 0.3) is 0 Å². The smallest absolute Gasteiger partial charge is 0.416 e. The largest absolute Gasteiger partial charge is 0.504 e. The molecule has 2 aliphatic heterocycles. The molecular weight excluding hydrogens is 537 g/mol. The summed E-state index contributed by atoms with van der Waals surface area (Å²) in [6, 6.07) is 6.84. The van der Waals surface area contributed by atoms with Gasteiger partial charge in [0.05, 0.1) is 17.0 Å². The Balaban J connectivity index is 1.22. The Kier molecular flexibility index (Phi) is 5.61. The third kappa shape index (κ3) is 3.75. The molecule has 1 unspecified atom stereocenters. The number of hydroxylamine groups is 3. The van der Waals surface area contributed by atoms with Gasteiger partial charge < -0.3 is 19.8 Å². The first-order valence-electron chi connectivity index (χ1n) is 14.2. The van der Waals surface area contributed by atoms with Crippen LogP contribution in [0.2, 0.25) is 0 Å². The van der Waals surface area contributed by atoms with Crippen LogP contribution in [-0.4, -0.2) is 74.8 Å². The maximum absolute atomic E-state index is 13.3. The normalized spacial score (nSPS) is 34.6. The van der Waals surface area contributed by atoms with Gasteiger partial charge in [-0.3, -0.25) is 4.79 Å². The number of rotatable bonds is 3. The average molecular weight is 570 g/mol. The molecule has 216 valence electrons. The topological polar surface area (TPSA) is 90.2 Å². The summed E-state index contributed by atoms with van der Waals surface area (Å²) in [5.74, 6) is 5.47. The van der Waals surface area contributed by atoms with Gasteiger partial charge >= 0.3 is 6.18 Å². The fourth-order valence-corrected chi connectivity index (χ4v) is 8.26. The summed E-state index contributed by atoms with van der Waals surface area (Å²) in [5, 5.41) is 35.3.